The van der Waals surface area contributed by atoms with Crippen molar-refractivity contribution >= 4 is 23.9 Å². The minimum atomic E-state index is -1.74. The molecule has 0 heterocycles. The van der Waals surface area contributed by atoms with E-state index in [1.54, 1.807) is 6.08 Å². The fraction of sp³-hybridized carbons (Fsp3) is 0.583. The number of phenolic OH excluding ortho intramolecular Hbond substituents is 1. The summed E-state index contributed by atoms with van der Waals surface area (Å²) in [5, 5.41) is 42.5. The largest absolute Gasteiger partial charge is 0.507 e. The van der Waals surface area contributed by atoms with E-state index >= 15 is 0 Å². The molecule has 3 aliphatic rings. The molecular weight excluding hydrogens is 436 g/mol. The topological polar surface area (TPSA) is 124 Å². The standard InChI is InChI=1S/C24H29ClO7/c1-11-17(15(28)6-13(9-26)19(11)25)21(30)32-16-8-23(4)18-12(7-22(2,3)20(18)29)5-14(10-27)24(16,23)31/h5-6,10,12,16,18,20,26,28-29,31H,7-9H2,1-4H3/t12?,16-,18?,20?,23-,24+/m1/s1. The van der Waals surface area contributed by atoms with Crippen LogP contribution in [0.15, 0.2) is 17.7 Å². The molecule has 32 heavy (non-hydrogen) atoms. The van der Waals surface area contributed by atoms with Gasteiger partial charge >= 0.3 is 5.97 Å². The maximum Gasteiger partial charge on any atom is 0.342 e. The number of hydrogen-bond donors (Lipinski definition) is 4. The first-order valence-electron chi connectivity index (χ1n) is 10.7. The Hall–Kier alpha value is -1.93. The predicted molar refractivity (Wildman–Crippen MR) is 116 cm³/mol. The van der Waals surface area contributed by atoms with Gasteiger partial charge in [-0.05, 0) is 42.7 Å². The molecule has 2 saturated carbocycles. The Balaban J connectivity index is 1.68. The molecule has 1 aromatic carbocycles. The van der Waals surface area contributed by atoms with Crippen molar-refractivity contribution in [1.82, 2.24) is 0 Å². The van der Waals surface area contributed by atoms with Gasteiger partial charge in [-0.3, -0.25) is 4.79 Å². The predicted octanol–water partition coefficient (Wildman–Crippen LogP) is 2.67. The normalized spacial score (nSPS) is 37.1. The first-order valence-corrected chi connectivity index (χ1v) is 11.1. The van der Waals surface area contributed by atoms with Gasteiger partial charge in [-0.15, -0.1) is 0 Å². The number of rotatable bonds is 4. The average Bonchev–Trinajstić information content (AvgIpc) is 2.95. The monoisotopic (exact) mass is 464 g/mol. The maximum absolute atomic E-state index is 13.0. The van der Waals surface area contributed by atoms with E-state index in [4.69, 9.17) is 16.3 Å². The number of aliphatic hydroxyl groups is 3. The second-order valence-corrected chi connectivity index (χ2v) is 10.8. The summed E-state index contributed by atoms with van der Waals surface area (Å²) in [5.74, 6) is -1.61. The number of carbonyl (C=O) groups excluding carboxylic acids is 2. The first-order chi connectivity index (χ1) is 14.8. The Bertz CT molecular complexity index is 1030. The first kappa shape index (κ1) is 23.2. The van der Waals surface area contributed by atoms with E-state index < -0.39 is 41.5 Å². The van der Waals surface area contributed by atoms with Crippen LogP contribution < -0.4 is 0 Å². The molecule has 0 bridgehead atoms. The highest BCUT2D eigenvalue weighted by atomic mass is 35.5. The summed E-state index contributed by atoms with van der Waals surface area (Å²) in [6, 6.07) is 1.20. The zero-order chi connectivity index (χ0) is 23.8. The average molecular weight is 465 g/mol. The summed E-state index contributed by atoms with van der Waals surface area (Å²) < 4.78 is 5.62. The molecule has 0 amide bonds. The fourth-order valence-corrected chi connectivity index (χ4v) is 6.62. The van der Waals surface area contributed by atoms with E-state index in [-0.39, 0.29) is 51.0 Å². The Morgan fingerprint density at radius 3 is 2.56 bits per heavy atom. The molecular formula is C24H29ClO7. The van der Waals surface area contributed by atoms with Crippen molar-refractivity contribution in [2.75, 3.05) is 0 Å². The Labute approximate surface area is 191 Å². The van der Waals surface area contributed by atoms with Crippen LogP contribution in [0.3, 0.4) is 0 Å². The molecule has 0 radical (unpaired) electrons. The SMILES string of the molecule is Cc1c(Cl)c(CO)cc(O)c1C(=O)O[C@@H]1C[C@]2(C)C3C(C=C(C=O)[C@]12O)CC(C)(C)C3O. The van der Waals surface area contributed by atoms with Crippen molar-refractivity contribution in [3.05, 3.63) is 39.4 Å². The highest BCUT2D eigenvalue weighted by Crippen LogP contribution is 2.68. The van der Waals surface area contributed by atoms with Crippen molar-refractivity contribution < 1.29 is 34.8 Å². The number of halogens is 1. The number of phenols is 1. The molecule has 3 aliphatic carbocycles. The molecule has 4 rings (SSSR count). The van der Waals surface area contributed by atoms with Gasteiger partial charge in [-0.2, -0.15) is 0 Å². The maximum atomic E-state index is 13.0. The number of aliphatic hydroxyl groups excluding tert-OH is 2. The van der Waals surface area contributed by atoms with Gasteiger partial charge in [0.2, 0.25) is 0 Å². The van der Waals surface area contributed by atoms with Crippen LogP contribution in [0.1, 0.15) is 55.1 Å². The highest BCUT2D eigenvalue weighted by molar-refractivity contribution is 6.32. The van der Waals surface area contributed by atoms with Crippen molar-refractivity contribution in [1.29, 1.82) is 0 Å². The molecule has 174 valence electrons. The third-order valence-corrected chi connectivity index (χ3v) is 8.71. The van der Waals surface area contributed by atoms with Gasteiger partial charge in [-0.1, -0.05) is 38.4 Å². The van der Waals surface area contributed by atoms with E-state index in [1.165, 1.54) is 13.0 Å². The molecule has 3 unspecified atom stereocenters. The highest BCUT2D eigenvalue weighted by Gasteiger charge is 2.74. The van der Waals surface area contributed by atoms with Crippen LogP contribution in [0, 0.1) is 29.6 Å². The van der Waals surface area contributed by atoms with Crippen molar-refractivity contribution in [3.8, 4) is 5.75 Å². The van der Waals surface area contributed by atoms with E-state index in [2.05, 4.69) is 0 Å². The van der Waals surface area contributed by atoms with Gasteiger partial charge in [0.1, 0.15) is 29.3 Å². The number of fused-ring (bicyclic) bond motifs is 3. The second kappa shape index (κ2) is 7.29. The number of ether oxygens (including phenoxy) is 1. The minimum absolute atomic E-state index is 0.0572. The van der Waals surface area contributed by atoms with E-state index in [1.807, 2.05) is 20.8 Å². The van der Waals surface area contributed by atoms with Gasteiger partial charge in [-0.25, -0.2) is 4.79 Å². The van der Waals surface area contributed by atoms with Crippen molar-refractivity contribution in [3.63, 3.8) is 0 Å². The van der Waals surface area contributed by atoms with Gasteiger partial charge in [0.15, 0.2) is 0 Å². The number of hydrogen-bond acceptors (Lipinski definition) is 7. The van der Waals surface area contributed by atoms with Crippen molar-refractivity contribution in [2.24, 2.45) is 22.7 Å². The number of aromatic hydroxyl groups is 1. The summed E-state index contributed by atoms with van der Waals surface area (Å²) >= 11 is 6.20. The van der Waals surface area contributed by atoms with Gasteiger partial charge in [0.05, 0.1) is 17.7 Å². The van der Waals surface area contributed by atoms with Crippen LogP contribution in [0.25, 0.3) is 0 Å². The van der Waals surface area contributed by atoms with Crippen LogP contribution in [0.5, 0.6) is 5.75 Å². The number of allylic oxidation sites excluding steroid dienone is 1. The van der Waals surface area contributed by atoms with Gasteiger partial charge in [0, 0.05) is 22.5 Å². The van der Waals surface area contributed by atoms with E-state index in [9.17, 15) is 30.0 Å². The molecule has 0 saturated heterocycles. The molecule has 4 N–H and O–H groups in total. The summed E-state index contributed by atoms with van der Waals surface area (Å²) in [7, 11) is 0. The van der Waals surface area contributed by atoms with Crippen LogP contribution in [0.2, 0.25) is 5.02 Å². The zero-order valence-corrected chi connectivity index (χ0v) is 19.3. The number of aldehydes is 1. The molecule has 2 fully saturated rings. The second-order valence-electron chi connectivity index (χ2n) is 10.4. The van der Waals surface area contributed by atoms with E-state index in [0.717, 1.165) is 0 Å². The lowest BCUT2D eigenvalue weighted by Crippen LogP contribution is -2.74. The molecule has 6 atom stereocenters. The van der Waals surface area contributed by atoms with Crippen LogP contribution >= 0.6 is 11.6 Å². The Kier molecular flexibility index (Phi) is 5.29. The quantitative estimate of drug-likeness (QED) is 0.399. The lowest BCUT2D eigenvalue weighted by Gasteiger charge is -2.64. The number of esters is 1. The molecule has 1 aromatic rings. The smallest absolute Gasteiger partial charge is 0.342 e. The van der Waals surface area contributed by atoms with Crippen molar-refractivity contribution in [2.45, 2.75) is 65.0 Å². The zero-order valence-electron chi connectivity index (χ0n) is 18.6. The van der Waals surface area contributed by atoms with Gasteiger partial charge < -0.3 is 25.2 Å². The molecule has 0 aliphatic heterocycles. The molecule has 0 aromatic heterocycles. The molecule has 7 nitrogen and oxygen atoms in total. The van der Waals surface area contributed by atoms with Gasteiger partial charge in [0.25, 0.3) is 0 Å². The lowest BCUT2D eigenvalue weighted by atomic mass is 9.44. The molecule has 0 spiro atoms. The van der Waals surface area contributed by atoms with Crippen LogP contribution in [-0.2, 0) is 16.1 Å². The summed E-state index contributed by atoms with van der Waals surface area (Å²) in [6.45, 7) is 6.88. The van der Waals surface area contributed by atoms with Crippen LogP contribution in [-0.4, -0.2) is 50.5 Å². The Morgan fingerprint density at radius 2 is 1.97 bits per heavy atom. The summed E-state index contributed by atoms with van der Waals surface area (Å²) in [4.78, 5) is 24.9. The third-order valence-electron chi connectivity index (χ3n) is 8.18. The Morgan fingerprint density at radius 1 is 1.31 bits per heavy atom. The number of carbonyl (C=O) groups is 2. The summed E-state index contributed by atoms with van der Waals surface area (Å²) in [5.41, 5.74) is -2.44. The number of benzene rings is 1. The fourth-order valence-electron chi connectivity index (χ4n) is 6.41. The lowest BCUT2D eigenvalue weighted by molar-refractivity contribution is -0.257. The van der Waals surface area contributed by atoms with Crippen LogP contribution in [0.4, 0.5) is 0 Å². The third kappa shape index (κ3) is 2.84. The summed E-state index contributed by atoms with van der Waals surface area (Å²) in [6.07, 6.45) is 1.56. The van der Waals surface area contributed by atoms with E-state index in [0.29, 0.717) is 12.7 Å². The minimum Gasteiger partial charge on any atom is -0.507 e. The molecule has 8 heteroatoms.